The zero-order valence-electron chi connectivity index (χ0n) is 12.2. The molecular weight excluding hydrogens is 234 g/mol. The molecule has 3 rings (SSSR count). The van der Waals surface area contributed by atoms with E-state index in [1.54, 1.807) is 0 Å². The van der Waals surface area contributed by atoms with Gasteiger partial charge in [0.15, 0.2) is 0 Å². The minimum absolute atomic E-state index is 0.284. The molecule has 0 spiro atoms. The standard InChI is InChI=1S/C16H27N3/c1-13-2-5-15(11-17)16(10-13)19-8-6-18(7-9-19)12-14-3-4-14/h13-16H,2-10,12H2,1H3. The molecule has 3 fully saturated rings. The molecule has 0 aromatic rings. The van der Waals surface area contributed by atoms with Crippen LogP contribution in [0, 0.1) is 29.1 Å². The molecule has 3 nitrogen and oxygen atoms in total. The number of piperazine rings is 1. The summed E-state index contributed by atoms with van der Waals surface area (Å²) >= 11 is 0. The lowest BCUT2D eigenvalue weighted by Gasteiger charge is -2.43. The third kappa shape index (κ3) is 3.30. The van der Waals surface area contributed by atoms with Crippen molar-refractivity contribution in [2.75, 3.05) is 32.7 Å². The molecule has 1 aliphatic heterocycles. The molecule has 1 saturated heterocycles. The van der Waals surface area contributed by atoms with Gasteiger partial charge in [-0.3, -0.25) is 4.90 Å². The van der Waals surface area contributed by atoms with Crippen LogP contribution in [0.1, 0.15) is 39.0 Å². The van der Waals surface area contributed by atoms with Crippen LogP contribution in [0.5, 0.6) is 0 Å². The summed E-state index contributed by atoms with van der Waals surface area (Å²) < 4.78 is 0. The summed E-state index contributed by atoms with van der Waals surface area (Å²) in [5.74, 6) is 2.10. The molecule has 1 heterocycles. The Hall–Kier alpha value is -0.590. The van der Waals surface area contributed by atoms with E-state index in [4.69, 9.17) is 0 Å². The van der Waals surface area contributed by atoms with E-state index in [2.05, 4.69) is 22.8 Å². The Kier molecular flexibility index (Phi) is 4.10. The zero-order valence-corrected chi connectivity index (χ0v) is 12.2. The van der Waals surface area contributed by atoms with Gasteiger partial charge in [-0.05, 0) is 43.9 Å². The smallest absolute Gasteiger partial charge is 0.0672 e. The van der Waals surface area contributed by atoms with Crippen LogP contribution in [0.15, 0.2) is 0 Å². The van der Waals surface area contributed by atoms with Crippen LogP contribution in [-0.2, 0) is 0 Å². The second-order valence-corrected chi connectivity index (χ2v) is 7.00. The summed E-state index contributed by atoms with van der Waals surface area (Å²) in [7, 11) is 0. The van der Waals surface area contributed by atoms with Crippen molar-refractivity contribution in [1.82, 2.24) is 9.80 Å². The SMILES string of the molecule is CC1CCC(C#N)C(N2CCN(CC3CC3)CC2)C1. The van der Waals surface area contributed by atoms with Gasteiger partial charge in [-0.25, -0.2) is 0 Å². The van der Waals surface area contributed by atoms with Gasteiger partial charge >= 0.3 is 0 Å². The summed E-state index contributed by atoms with van der Waals surface area (Å²) in [6, 6.07) is 3.11. The fourth-order valence-electron chi connectivity index (χ4n) is 3.85. The van der Waals surface area contributed by atoms with E-state index < -0.39 is 0 Å². The van der Waals surface area contributed by atoms with Gasteiger partial charge in [-0.1, -0.05) is 6.92 Å². The Morgan fingerprint density at radius 2 is 1.79 bits per heavy atom. The summed E-state index contributed by atoms with van der Waals surface area (Å²) in [4.78, 5) is 5.26. The highest BCUT2D eigenvalue weighted by molar-refractivity contribution is 4.98. The number of hydrogen-bond donors (Lipinski definition) is 0. The van der Waals surface area contributed by atoms with E-state index >= 15 is 0 Å². The van der Waals surface area contributed by atoms with E-state index in [1.165, 1.54) is 58.4 Å². The minimum Gasteiger partial charge on any atom is -0.301 e. The Morgan fingerprint density at radius 3 is 2.42 bits per heavy atom. The van der Waals surface area contributed by atoms with Crippen molar-refractivity contribution in [1.29, 1.82) is 5.26 Å². The first-order valence-corrected chi connectivity index (χ1v) is 8.12. The average molecular weight is 261 g/mol. The van der Waals surface area contributed by atoms with Gasteiger partial charge in [0.05, 0.1) is 12.0 Å². The minimum atomic E-state index is 0.284. The van der Waals surface area contributed by atoms with E-state index in [9.17, 15) is 5.26 Å². The Labute approximate surface area is 117 Å². The first-order valence-electron chi connectivity index (χ1n) is 8.12. The highest BCUT2D eigenvalue weighted by Gasteiger charge is 2.35. The lowest BCUT2D eigenvalue weighted by atomic mass is 9.79. The molecule has 0 bridgehead atoms. The molecule has 0 aromatic heterocycles. The summed E-state index contributed by atoms with van der Waals surface area (Å²) in [5, 5.41) is 9.37. The largest absolute Gasteiger partial charge is 0.301 e. The van der Waals surface area contributed by atoms with Gasteiger partial charge < -0.3 is 4.90 Å². The average Bonchev–Trinajstić information content (AvgIpc) is 3.23. The van der Waals surface area contributed by atoms with E-state index in [0.29, 0.717) is 6.04 Å². The van der Waals surface area contributed by atoms with E-state index in [0.717, 1.165) is 18.3 Å². The van der Waals surface area contributed by atoms with E-state index in [-0.39, 0.29) is 5.92 Å². The maximum atomic E-state index is 9.37. The van der Waals surface area contributed by atoms with Crippen LogP contribution < -0.4 is 0 Å². The van der Waals surface area contributed by atoms with Gasteiger partial charge in [-0.2, -0.15) is 5.26 Å². The molecule has 19 heavy (non-hydrogen) atoms. The molecule has 2 aliphatic carbocycles. The van der Waals surface area contributed by atoms with Gasteiger partial charge in [0, 0.05) is 38.8 Å². The fourth-order valence-corrected chi connectivity index (χ4v) is 3.85. The third-order valence-electron chi connectivity index (χ3n) is 5.33. The number of nitrogens with zero attached hydrogens (tertiary/aromatic N) is 3. The van der Waals surface area contributed by atoms with Gasteiger partial charge in [0.1, 0.15) is 0 Å². The number of nitriles is 1. The second-order valence-electron chi connectivity index (χ2n) is 7.00. The van der Waals surface area contributed by atoms with Crippen molar-refractivity contribution in [3.8, 4) is 6.07 Å². The molecule has 0 radical (unpaired) electrons. The first kappa shape index (κ1) is 13.4. The fraction of sp³-hybridized carbons (Fsp3) is 0.938. The molecule has 0 N–H and O–H groups in total. The van der Waals surface area contributed by atoms with Crippen LogP contribution in [-0.4, -0.2) is 48.6 Å². The summed E-state index contributed by atoms with van der Waals surface area (Å²) in [6.45, 7) is 8.49. The molecule has 0 aromatic carbocycles. The van der Waals surface area contributed by atoms with Crippen LogP contribution >= 0.6 is 0 Å². The normalized spacial score (nSPS) is 38.0. The quantitative estimate of drug-likeness (QED) is 0.781. The van der Waals surface area contributed by atoms with Gasteiger partial charge in [0.25, 0.3) is 0 Å². The van der Waals surface area contributed by atoms with Crippen molar-refractivity contribution < 1.29 is 0 Å². The molecule has 3 aliphatic rings. The molecule has 3 heteroatoms. The van der Waals surface area contributed by atoms with Crippen molar-refractivity contribution >= 4 is 0 Å². The molecular formula is C16H27N3. The van der Waals surface area contributed by atoms with Gasteiger partial charge in [-0.15, -0.1) is 0 Å². The molecule has 106 valence electrons. The molecule has 2 saturated carbocycles. The lowest BCUT2D eigenvalue weighted by Crippen LogP contribution is -2.53. The molecule has 3 atom stereocenters. The predicted molar refractivity (Wildman–Crippen MR) is 76.6 cm³/mol. The predicted octanol–water partition coefficient (Wildman–Crippen LogP) is 2.34. The van der Waals surface area contributed by atoms with Crippen LogP contribution in [0.25, 0.3) is 0 Å². The molecule has 0 amide bonds. The van der Waals surface area contributed by atoms with Crippen LogP contribution in [0.2, 0.25) is 0 Å². The zero-order chi connectivity index (χ0) is 13.2. The maximum absolute atomic E-state index is 9.37. The third-order valence-corrected chi connectivity index (χ3v) is 5.33. The topological polar surface area (TPSA) is 30.3 Å². The first-order chi connectivity index (χ1) is 9.26. The maximum Gasteiger partial charge on any atom is 0.0672 e. The Morgan fingerprint density at radius 1 is 1.05 bits per heavy atom. The second kappa shape index (κ2) is 5.81. The summed E-state index contributed by atoms with van der Waals surface area (Å²) in [6.07, 6.45) is 6.51. The van der Waals surface area contributed by atoms with Crippen molar-refractivity contribution in [2.24, 2.45) is 17.8 Å². The van der Waals surface area contributed by atoms with E-state index in [1.807, 2.05) is 0 Å². The lowest BCUT2D eigenvalue weighted by molar-refractivity contribution is 0.0503. The number of rotatable bonds is 3. The number of hydrogen-bond acceptors (Lipinski definition) is 3. The van der Waals surface area contributed by atoms with Crippen molar-refractivity contribution in [3.05, 3.63) is 0 Å². The van der Waals surface area contributed by atoms with Gasteiger partial charge in [0.2, 0.25) is 0 Å². The monoisotopic (exact) mass is 261 g/mol. The van der Waals surface area contributed by atoms with Crippen molar-refractivity contribution in [3.63, 3.8) is 0 Å². The summed E-state index contributed by atoms with van der Waals surface area (Å²) in [5.41, 5.74) is 0. The van der Waals surface area contributed by atoms with Crippen LogP contribution in [0.3, 0.4) is 0 Å². The Bertz CT molecular complexity index is 336. The Balaban J connectivity index is 1.52. The molecule has 3 unspecified atom stereocenters. The highest BCUT2D eigenvalue weighted by Crippen LogP contribution is 2.33. The van der Waals surface area contributed by atoms with Crippen LogP contribution in [0.4, 0.5) is 0 Å². The highest BCUT2D eigenvalue weighted by atomic mass is 15.3. The van der Waals surface area contributed by atoms with Crippen molar-refractivity contribution in [2.45, 2.75) is 45.1 Å².